The Morgan fingerprint density at radius 3 is 2.41 bits per heavy atom. The number of alkyl halides is 3. The smallest absolute Gasteiger partial charge is 0.340 e. The number of carbonyl (C=O) groups is 1. The highest BCUT2D eigenvalue weighted by molar-refractivity contribution is 5.99. The summed E-state index contributed by atoms with van der Waals surface area (Å²) in [4.78, 5) is 21.1. The van der Waals surface area contributed by atoms with Gasteiger partial charge in [0.2, 0.25) is 0 Å². The summed E-state index contributed by atoms with van der Waals surface area (Å²) in [7, 11) is 0. The van der Waals surface area contributed by atoms with Crippen molar-refractivity contribution in [1.29, 1.82) is 5.26 Å². The zero-order valence-corrected chi connectivity index (χ0v) is 18.2. The highest BCUT2D eigenvalue weighted by atomic mass is 19.4. The van der Waals surface area contributed by atoms with Gasteiger partial charge in [0.25, 0.3) is 5.91 Å². The minimum Gasteiger partial charge on any atom is -0.340 e. The first-order chi connectivity index (χ1) is 16.4. The Bertz CT molecular complexity index is 1180. The van der Waals surface area contributed by atoms with E-state index in [4.69, 9.17) is 0 Å². The molecule has 0 spiro atoms. The molecule has 6 nitrogen and oxygen atoms in total. The lowest BCUT2D eigenvalue weighted by Gasteiger charge is -2.37. The number of benzene rings is 2. The van der Waals surface area contributed by atoms with E-state index < -0.39 is 17.8 Å². The molecule has 2 heterocycles. The Morgan fingerprint density at radius 1 is 1.00 bits per heavy atom. The van der Waals surface area contributed by atoms with Crippen molar-refractivity contribution in [2.24, 2.45) is 0 Å². The summed E-state index contributed by atoms with van der Waals surface area (Å²) in [5.41, 5.74) is 0.577. The third-order valence-electron chi connectivity index (χ3n) is 5.69. The number of nitrogens with zero attached hydrogens (tertiary/aromatic N) is 4. The van der Waals surface area contributed by atoms with Crippen LogP contribution in [0.2, 0.25) is 0 Å². The molecule has 0 radical (unpaired) electrons. The minimum absolute atomic E-state index is 0.187. The van der Waals surface area contributed by atoms with Gasteiger partial charge in [-0.1, -0.05) is 36.4 Å². The number of carbonyl (C=O) groups excluding carboxylic acids is 1. The van der Waals surface area contributed by atoms with Crippen LogP contribution in [0.4, 0.5) is 24.7 Å². The third-order valence-corrected chi connectivity index (χ3v) is 5.69. The van der Waals surface area contributed by atoms with Gasteiger partial charge >= 0.3 is 6.18 Å². The number of rotatable bonds is 5. The van der Waals surface area contributed by atoms with Crippen LogP contribution in [0.1, 0.15) is 27.5 Å². The van der Waals surface area contributed by atoms with Gasteiger partial charge in [-0.3, -0.25) is 9.69 Å². The Labute approximate surface area is 195 Å². The highest BCUT2D eigenvalue weighted by Crippen LogP contribution is 2.32. The molecular formula is C25H22F3N5O. The first-order valence-corrected chi connectivity index (χ1v) is 10.7. The maximum Gasteiger partial charge on any atom is 0.416 e. The number of anilines is 2. The van der Waals surface area contributed by atoms with Crippen molar-refractivity contribution in [2.75, 3.05) is 31.5 Å². The number of pyridine rings is 1. The van der Waals surface area contributed by atoms with Crippen molar-refractivity contribution >= 4 is 17.4 Å². The number of hydrogen-bond donors (Lipinski definition) is 1. The molecule has 0 aliphatic carbocycles. The molecule has 1 unspecified atom stereocenters. The molecule has 9 heteroatoms. The molecular weight excluding hydrogens is 443 g/mol. The van der Waals surface area contributed by atoms with Crippen molar-refractivity contribution in [3.05, 3.63) is 89.6 Å². The van der Waals surface area contributed by atoms with Crippen LogP contribution in [0, 0.1) is 11.3 Å². The standard InChI is InChI=1S/C25H22F3N5O/c26-25(27,28)19-8-4-9-20(16-19)31-23-21(10-5-11-30-23)24(34)33-14-12-32(13-15-33)22(17-29)18-6-2-1-3-7-18/h1-11,16,22H,12-15H2,(H,30,31). The van der Waals surface area contributed by atoms with Crippen LogP contribution in [-0.4, -0.2) is 46.9 Å². The molecule has 1 N–H and O–H groups in total. The molecule has 1 aliphatic heterocycles. The summed E-state index contributed by atoms with van der Waals surface area (Å²) in [5, 5.41) is 12.5. The molecule has 174 valence electrons. The normalized spacial score (nSPS) is 15.4. The lowest BCUT2D eigenvalue weighted by molar-refractivity contribution is -0.137. The van der Waals surface area contributed by atoms with E-state index in [1.807, 2.05) is 35.2 Å². The minimum atomic E-state index is -4.47. The fourth-order valence-corrected chi connectivity index (χ4v) is 3.94. The molecule has 1 saturated heterocycles. The molecule has 3 aromatic rings. The Hall–Kier alpha value is -3.90. The second kappa shape index (κ2) is 9.93. The Kier molecular flexibility index (Phi) is 6.80. The molecule has 1 amide bonds. The zero-order chi connectivity index (χ0) is 24.1. The van der Waals surface area contributed by atoms with E-state index in [1.54, 1.807) is 17.0 Å². The summed E-state index contributed by atoms with van der Waals surface area (Å²) in [6.07, 6.45) is -3.00. The van der Waals surface area contributed by atoms with Gasteiger partial charge in [-0.25, -0.2) is 4.98 Å². The van der Waals surface area contributed by atoms with Gasteiger partial charge in [-0.2, -0.15) is 18.4 Å². The van der Waals surface area contributed by atoms with Gasteiger partial charge in [-0.15, -0.1) is 0 Å². The van der Waals surface area contributed by atoms with E-state index in [0.29, 0.717) is 26.2 Å². The second-order valence-corrected chi connectivity index (χ2v) is 7.87. The predicted molar refractivity (Wildman–Crippen MR) is 121 cm³/mol. The van der Waals surface area contributed by atoms with Gasteiger partial charge in [0.1, 0.15) is 11.9 Å². The van der Waals surface area contributed by atoms with E-state index in [0.717, 1.165) is 17.7 Å². The largest absolute Gasteiger partial charge is 0.416 e. The Morgan fingerprint density at radius 2 is 1.74 bits per heavy atom. The molecule has 0 saturated carbocycles. The number of nitrogens with one attached hydrogen (secondary N) is 1. The van der Waals surface area contributed by atoms with Gasteiger partial charge < -0.3 is 10.2 Å². The fraction of sp³-hybridized carbons (Fsp3) is 0.240. The number of nitriles is 1. The maximum atomic E-state index is 13.2. The Balaban J connectivity index is 1.46. The van der Waals surface area contributed by atoms with Gasteiger partial charge in [0.05, 0.1) is 17.2 Å². The predicted octanol–water partition coefficient (Wildman–Crippen LogP) is 4.87. The monoisotopic (exact) mass is 465 g/mol. The maximum absolute atomic E-state index is 13.2. The van der Waals surface area contributed by atoms with Crippen LogP contribution in [0.15, 0.2) is 72.9 Å². The molecule has 1 atom stereocenters. The number of halogens is 3. The molecule has 0 bridgehead atoms. The van der Waals surface area contributed by atoms with Crippen molar-refractivity contribution in [2.45, 2.75) is 12.2 Å². The molecule has 1 aromatic heterocycles. The summed E-state index contributed by atoms with van der Waals surface area (Å²) < 4.78 is 39.2. The van der Waals surface area contributed by atoms with E-state index in [-0.39, 0.29) is 23.0 Å². The molecule has 1 fully saturated rings. The van der Waals surface area contributed by atoms with Gasteiger partial charge in [0, 0.05) is 38.1 Å². The lowest BCUT2D eigenvalue weighted by Crippen LogP contribution is -2.49. The second-order valence-electron chi connectivity index (χ2n) is 7.87. The SMILES string of the molecule is N#CC(c1ccccc1)N1CCN(C(=O)c2cccnc2Nc2cccc(C(F)(F)F)c2)CC1. The summed E-state index contributed by atoms with van der Waals surface area (Å²) in [6.45, 7) is 1.88. The van der Waals surface area contributed by atoms with Crippen LogP contribution in [0.3, 0.4) is 0 Å². The quantitative estimate of drug-likeness (QED) is 0.582. The first kappa shape index (κ1) is 23.3. The van der Waals surface area contributed by atoms with Crippen LogP contribution in [-0.2, 0) is 6.18 Å². The number of amides is 1. The van der Waals surface area contributed by atoms with Crippen molar-refractivity contribution in [1.82, 2.24) is 14.8 Å². The average Bonchev–Trinajstić information content (AvgIpc) is 2.85. The van der Waals surface area contributed by atoms with Gasteiger partial charge in [0.15, 0.2) is 0 Å². The molecule has 4 rings (SSSR count). The summed E-state index contributed by atoms with van der Waals surface area (Å²) >= 11 is 0. The average molecular weight is 465 g/mol. The van der Waals surface area contributed by atoms with Gasteiger partial charge in [-0.05, 0) is 35.9 Å². The van der Waals surface area contributed by atoms with Crippen LogP contribution < -0.4 is 5.32 Å². The van der Waals surface area contributed by atoms with Crippen molar-refractivity contribution in [3.8, 4) is 6.07 Å². The van der Waals surface area contributed by atoms with E-state index >= 15 is 0 Å². The van der Waals surface area contributed by atoms with Crippen molar-refractivity contribution in [3.63, 3.8) is 0 Å². The number of aromatic nitrogens is 1. The van der Waals surface area contributed by atoms with Crippen LogP contribution in [0.5, 0.6) is 0 Å². The third kappa shape index (κ3) is 5.18. The summed E-state index contributed by atoms with van der Waals surface area (Å²) in [5.74, 6) is -0.0797. The van der Waals surface area contributed by atoms with Crippen LogP contribution >= 0.6 is 0 Å². The first-order valence-electron chi connectivity index (χ1n) is 10.7. The topological polar surface area (TPSA) is 72.3 Å². The summed E-state index contributed by atoms with van der Waals surface area (Å²) in [6, 6.07) is 19.4. The van der Waals surface area contributed by atoms with E-state index in [1.165, 1.54) is 18.3 Å². The number of piperazine rings is 1. The lowest BCUT2D eigenvalue weighted by atomic mass is 10.1. The van der Waals surface area contributed by atoms with Crippen molar-refractivity contribution < 1.29 is 18.0 Å². The van der Waals surface area contributed by atoms with Crippen LogP contribution in [0.25, 0.3) is 0 Å². The highest BCUT2D eigenvalue weighted by Gasteiger charge is 2.31. The van der Waals surface area contributed by atoms with E-state index in [9.17, 15) is 23.2 Å². The number of hydrogen-bond acceptors (Lipinski definition) is 5. The van der Waals surface area contributed by atoms with E-state index in [2.05, 4.69) is 16.4 Å². The molecule has 2 aromatic carbocycles. The zero-order valence-electron chi connectivity index (χ0n) is 18.2. The molecule has 34 heavy (non-hydrogen) atoms. The molecule has 1 aliphatic rings. The fourth-order valence-electron chi connectivity index (χ4n) is 3.94.